The number of imidazole rings is 1. The molecule has 0 fully saturated rings. The van der Waals surface area contributed by atoms with E-state index in [2.05, 4.69) is 44.1 Å². The first-order valence-electron chi connectivity index (χ1n) is 6.32. The third-order valence-corrected chi connectivity index (χ3v) is 4.31. The SMILES string of the molecule is Cn1c(-c2nc(-c3ccncc3)c[nH]2)cc2sccc21. The Balaban J connectivity index is 1.82. The van der Waals surface area contributed by atoms with E-state index >= 15 is 0 Å². The predicted molar refractivity (Wildman–Crippen MR) is 81.6 cm³/mol. The number of aromatic nitrogens is 4. The van der Waals surface area contributed by atoms with Crippen LogP contribution in [0.25, 0.3) is 33.0 Å². The molecule has 98 valence electrons. The lowest BCUT2D eigenvalue weighted by atomic mass is 10.2. The number of thiophene rings is 1. The first-order chi connectivity index (χ1) is 9.83. The van der Waals surface area contributed by atoms with Crippen LogP contribution in [-0.4, -0.2) is 19.5 Å². The molecular weight excluding hydrogens is 268 g/mol. The minimum absolute atomic E-state index is 0.891. The lowest BCUT2D eigenvalue weighted by molar-refractivity contribution is 0.966. The van der Waals surface area contributed by atoms with Gasteiger partial charge in [-0.3, -0.25) is 4.98 Å². The van der Waals surface area contributed by atoms with E-state index in [-0.39, 0.29) is 0 Å². The molecule has 0 bridgehead atoms. The smallest absolute Gasteiger partial charge is 0.154 e. The molecule has 0 aromatic carbocycles. The fraction of sp³-hybridized carbons (Fsp3) is 0.0667. The summed E-state index contributed by atoms with van der Waals surface area (Å²) in [7, 11) is 2.07. The zero-order chi connectivity index (χ0) is 13.5. The zero-order valence-electron chi connectivity index (χ0n) is 10.9. The van der Waals surface area contributed by atoms with E-state index in [0.717, 1.165) is 22.8 Å². The van der Waals surface area contributed by atoms with E-state index < -0.39 is 0 Å². The van der Waals surface area contributed by atoms with Crippen molar-refractivity contribution in [3.05, 3.63) is 48.2 Å². The van der Waals surface area contributed by atoms with Gasteiger partial charge in [-0.1, -0.05) is 0 Å². The molecule has 0 spiro atoms. The van der Waals surface area contributed by atoms with E-state index in [9.17, 15) is 0 Å². The summed E-state index contributed by atoms with van der Waals surface area (Å²) in [5.74, 6) is 0.891. The Hall–Kier alpha value is -2.40. The maximum atomic E-state index is 4.69. The van der Waals surface area contributed by atoms with E-state index in [4.69, 9.17) is 0 Å². The Bertz CT molecular complexity index is 870. The summed E-state index contributed by atoms with van der Waals surface area (Å²) < 4.78 is 3.45. The van der Waals surface area contributed by atoms with Gasteiger partial charge >= 0.3 is 0 Å². The number of pyridine rings is 1. The summed E-state index contributed by atoms with van der Waals surface area (Å²) >= 11 is 1.75. The number of hydrogen-bond acceptors (Lipinski definition) is 3. The van der Waals surface area contributed by atoms with Gasteiger partial charge in [-0.2, -0.15) is 0 Å². The molecule has 4 heterocycles. The van der Waals surface area contributed by atoms with E-state index in [1.807, 2.05) is 18.3 Å². The van der Waals surface area contributed by atoms with Gasteiger partial charge in [0.2, 0.25) is 0 Å². The molecule has 4 nitrogen and oxygen atoms in total. The molecule has 0 radical (unpaired) electrons. The summed E-state index contributed by atoms with van der Waals surface area (Å²) in [6.45, 7) is 0. The van der Waals surface area contributed by atoms with Crippen LogP contribution in [0.1, 0.15) is 0 Å². The van der Waals surface area contributed by atoms with Crippen LogP contribution < -0.4 is 0 Å². The number of rotatable bonds is 2. The van der Waals surface area contributed by atoms with Gasteiger partial charge in [0, 0.05) is 31.2 Å². The highest BCUT2D eigenvalue weighted by Crippen LogP contribution is 2.30. The summed E-state index contributed by atoms with van der Waals surface area (Å²) in [6.07, 6.45) is 5.50. The van der Waals surface area contributed by atoms with Crippen molar-refractivity contribution >= 4 is 21.6 Å². The molecule has 4 rings (SSSR count). The second-order valence-electron chi connectivity index (χ2n) is 4.63. The Morgan fingerprint density at radius 3 is 2.85 bits per heavy atom. The second kappa shape index (κ2) is 4.31. The Kier molecular flexibility index (Phi) is 2.47. The standard InChI is InChI=1S/C15H12N4S/c1-19-12-4-7-20-14(12)8-13(19)15-17-9-11(18-15)10-2-5-16-6-3-10/h2-9H,1H3,(H,17,18). The number of H-pyrrole nitrogens is 1. The molecule has 0 unspecified atom stereocenters. The van der Waals surface area contributed by atoms with E-state index in [1.54, 1.807) is 23.7 Å². The highest BCUT2D eigenvalue weighted by molar-refractivity contribution is 7.17. The van der Waals surface area contributed by atoms with E-state index in [0.29, 0.717) is 0 Å². The number of fused-ring (bicyclic) bond motifs is 1. The topological polar surface area (TPSA) is 46.5 Å². The molecule has 1 N–H and O–H groups in total. The van der Waals surface area contributed by atoms with Crippen molar-refractivity contribution < 1.29 is 0 Å². The van der Waals surface area contributed by atoms with Crippen LogP contribution in [0.5, 0.6) is 0 Å². The normalized spacial score (nSPS) is 11.2. The van der Waals surface area contributed by atoms with Crippen LogP contribution in [0.15, 0.2) is 48.2 Å². The van der Waals surface area contributed by atoms with Gasteiger partial charge in [0.1, 0.15) is 0 Å². The minimum atomic E-state index is 0.891. The highest BCUT2D eigenvalue weighted by atomic mass is 32.1. The van der Waals surface area contributed by atoms with Crippen LogP contribution in [0.3, 0.4) is 0 Å². The molecule has 5 heteroatoms. The molecule has 0 aliphatic heterocycles. The maximum absolute atomic E-state index is 4.69. The van der Waals surface area contributed by atoms with Crippen molar-refractivity contribution in [2.24, 2.45) is 7.05 Å². The van der Waals surface area contributed by atoms with Crippen molar-refractivity contribution in [1.29, 1.82) is 0 Å². The zero-order valence-corrected chi connectivity index (χ0v) is 11.7. The van der Waals surface area contributed by atoms with Crippen LogP contribution in [0, 0.1) is 0 Å². The van der Waals surface area contributed by atoms with Crippen molar-refractivity contribution in [2.75, 3.05) is 0 Å². The molecule has 4 aromatic heterocycles. The molecule has 0 aliphatic carbocycles. The third kappa shape index (κ3) is 1.67. The van der Waals surface area contributed by atoms with Crippen molar-refractivity contribution in [3.63, 3.8) is 0 Å². The molecule has 0 saturated carbocycles. The first-order valence-corrected chi connectivity index (χ1v) is 7.20. The Morgan fingerprint density at radius 2 is 2.05 bits per heavy atom. The number of aryl methyl sites for hydroxylation is 1. The Labute approximate surface area is 119 Å². The maximum Gasteiger partial charge on any atom is 0.154 e. The average molecular weight is 280 g/mol. The summed E-state index contributed by atoms with van der Waals surface area (Å²) in [5.41, 5.74) is 4.35. The van der Waals surface area contributed by atoms with Gasteiger partial charge in [0.25, 0.3) is 0 Å². The predicted octanol–water partition coefficient (Wildman–Crippen LogP) is 3.69. The van der Waals surface area contributed by atoms with Crippen LogP contribution >= 0.6 is 11.3 Å². The largest absolute Gasteiger partial charge is 0.343 e. The number of nitrogens with one attached hydrogen (secondary N) is 1. The van der Waals surface area contributed by atoms with Crippen LogP contribution in [0.4, 0.5) is 0 Å². The number of aromatic amines is 1. The van der Waals surface area contributed by atoms with Gasteiger partial charge in [-0.25, -0.2) is 4.98 Å². The van der Waals surface area contributed by atoms with Gasteiger partial charge in [0.15, 0.2) is 5.82 Å². The average Bonchev–Trinajstić information content (AvgIpc) is 3.18. The molecule has 20 heavy (non-hydrogen) atoms. The van der Waals surface area contributed by atoms with Gasteiger partial charge in [-0.15, -0.1) is 11.3 Å². The fourth-order valence-corrected chi connectivity index (χ4v) is 3.25. The van der Waals surface area contributed by atoms with Crippen molar-refractivity contribution in [1.82, 2.24) is 19.5 Å². The summed E-state index contributed by atoms with van der Waals surface area (Å²) in [5, 5.41) is 2.11. The van der Waals surface area contributed by atoms with Gasteiger partial charge in [-0.05, 0) is 29.6 Å². The molecule has 0 aliphatic rings. The molecular formula is C15H12N4S. The third-order valence-electron chi connectivity index (χ3n) is 3.46. The first kappa shape index (κ1) is 11.4. The van der Waals surface area contributed by atoms with Gasteiger partial charge in [0.05, 0.1) is 21.6 Å². The molecule has 0 amide bonds. The van der Waals surface area contributed by atoms with Gasteiger partial charge < -0.3 is 9.55 Å². The monoisotopic (exact) mass is 280 g/mol. The lowest BCUT2D eigenvalue weighted by Crippen LogP contribution is -1.92. The fourth-order valence-electron chi connectivity index (χ4n) is 2.40. The number of hydrogen-bond donors (Lipinski definition) is 1. The molecule has 0 atom stereocenters. The molecule has 0 saturated heterocycles. The van der Waals surface area contributed by atoms with Crippen molar-refractivity contribution in [2.45, 2.75) is 0 Å². The summed E-state index contributed by atoms with van der Waals surface area (Å²) in [4.78, 5) is 12.0. The summed E-state index contributed by atoms with van der Waals surface area (Å²) in [6, 6.07) is 8.23. The highest BCUT2D eigenvalue weighted by Gasteiger charge is 2.12. The Morgan fingerprint density at radius 1 is 1.20 bits per heavy atom. The quantitative estimate of drug-likeness (QED) is 0.608. The van der Waals surface area contributed by atoms with Crippen LogP contribution in [0.2, 0.25) is 0 Å². The number of nitrogens with zero attached hydrogens (tertiary/aromatic N) is 3. The van der Waals surface area contributed by atoms with Crippen molar-refractivity contribution in [3.8, 4) is 22.8 Å². The van der Waals surface area contributed by atoms with Crippen LogP contribution in [-0.2, 0) is 7.05 Å². The second-order valence-corrected chi connectivity index (χ2v) is 5.58. The lowest BCUT2D eigenvalue weighted by Gasteiger charge is -1.99. The van der Waals surface area contributed by atoms with E-state index in [1.165, 1.54) is 10.2 Å². The minimum Gasteiger partial charge on any atom is -0.343 e. The molecule has 4 aromatic rings.